The van der Waals surface area contributed by atoms with Crippen LogP contribution in [-0.4, -0.2) is 16.3 Å². The van der Waals surface area contributed by atoms with E-state index in [0.29, 0.717) is 12.5 Å². The van der Waals surface area contributed by atoms with Crippen LogP contribution in [0.4, 0.5) is 0 Å². The van der Waals surface area contributed by atoms with E-state index >= 15 is 0 Å². The van der Waals surface area contributed by atoms with Crippen LogP contribution >= 0.6 is 15.9 Å². The fraction of sp³-hybridized carbons (Fsp3) is 0.500. The molecule has 118 valence electrons. The van der Waals surface area contributed by atoms with Crippen LogP contribution in [0.5, 0.6) is 0 Å². The van der Waals surface area contributed by atoms with Crippen LogP contribution in [-0.2, 0) is 11.8 Å². The van der Waals surface area contributed by atoms with Crippen molar-refractivity contribution in [2.45, 2.75) is 51.4 Å². The molecular weight excluding hydrogens is 338 g/mol. The first-order valence-electron chi connectivity index (χ1n) is 8.00. The van der Waals surface area contributed by atoms with Crippen LogP contribution in [0.3, 0.4) is 0 Å². The molecule has 1 aliphatic rings. The van der Waals surface area contributed by atoms with Crippen molar-refractivity contribution in [3.63, 3.8) is 0 Å². The number of aromatic nitrogens is 2. The summed E-state index contributed by atoms with van der Waals surface area (Å²) in [6.07, 6.45) is 3.44. The largest absolute Gasteiger partial charge is 0.330 e. The van der Waals surface area contributed by atoms with Gasteiger partial charge in [0.05, 0.1) is 11.4 Å². The molecule has 1 aromatic carbocycles. The monoisotopic (exact) mass is 361 g/mol. The molecule has 1 atom stereocenters. The highest BCUT2D eigenvalue weighted by Gasteiger charge is 2.33. The number of para-hydroxylation sites is 1. The van der Waals surface area contributed by atoms with Gasteiger partial charge >= 0.3 is 0 Å². The smallest absolute Gasteiger partial charge is 0.0790 e. The number of nitrogens with zero attached hydrogens (tertiary/aromatic N) is 2. The number of nitrogens with two attached hydrogens (primary N) is 1. The van der Waals surface area contributed by atoms with Gasteiger partial charge in [-0.1, -0.05) is 32.9 Å². The summed E-state index contributed by atoms with van der Waals surface area (Å²) in [5, 5.41) is 5.02. The zero-order chi connectivity index (χ0) is 15.9. The molecule has 0 saturated heterocycles. The van der Waals surface area contributed by atoms with Crippen LogP contribution in [0.2, 0.25) is 0 Å². The first kappa shape index (κ1) is 15.8. The first-order valence-corrected chi connectivity index (χ1v) is 8.80. The van der Waals surface area contributed by atoms with Gasteiger partial charge in [0.25, 0.3) is 0 Å². The third-order valence-corrected chi connectivity index (χ3v) is 5.14. The van der Waals surface area contributed by atoms with Gasteiger partial charge in [0.1, 0.15) is 0 Å². The lowest BCUT2D eigenvalue weighted by atomic mass is 9.79. The first-order chi connectivity index (χ1) is 10.4. The molecule has 1 heterocycles. The molecule has 3 rings (SSSR count). The molecule has 2 aromatic rings. The molecule has 0 bridgehead atoms. The van der Waals surface area contributed by atoms with Crippen molar-refractivity contribution in [3.8, 4) is 5.69 Å². The van der Waals surface area contributed by atoms with Gasteiger partial charge in [-0.2, -0.15) is 5.10 Å². The Hall–Kier alpha value is -1.13. The summed E-state index contributed by atoms with van der Waals surface area (Å²) in [5.74, 6) is 0.439. The summed E-state index contributed by atoms with van der Waals surface area (Å²) in [4.78, 5) is 0. The molecule has 4 heteroatoms. The molecule has 0 radical (unpaired) electrons. The zero-order valence-corrected chi connectivity index (χ0v) is 15.2. The van der Waals surface area contributed by atoms with Gasteiger partial charge in [-0.3, -0.25) is 0 Å². The normalized spacial score (nSPS) is 18.3. The SMILES string of the molecule is CC(C)(C)c1nn(-c2ccccc2Br)c2c1C(CN)CCC2. The molecule has 0 fully saturated rings. The van der Waals surface area contributed by atoms with Gasteiger partial charge in [-0.25, -0.2) is 4.68 Å². The maximum atomic E-state index is 6.06. The van der Waals surface area contributed by atoms with Crippen molar-refractivity contribution in [1.29, 1.82) is 0 Å². The lowest BCUT2D eigenvalue weighted by molar-refractivity contribution is 0.520. The van der Waals surface area contributed by atoms with E-state index in [1.54, 1.807) is 0 Å². The minimum absolute atomic E-state index is 0.0291. The summed E-state index contributed by atoms with van der Waals surface area (Å²) in [7, 11) is 0. The van der Waals surface area contributed by atoms with Crippen molar-refractivity contribution in [2.24, 2.45) is 5.73 Å². The highest BCUT2D eigenvalue weighted by atomic mass is 79.9. The maximum absolute atomic E-state index is 6.06. The molecule has 2 N–H and O–H groups in total. The zero-order valence-electron chi connectivity index (χ0n) is 13.6. The Morgan fingerprint density at radius 1 is 1.32 bits per heavy atom. The second-order valence-corrected chi connectivity index (χ2v) is 8.00. The number of rotatable bonds is 2. The van der Waals surface area contributed by atoms with E-state index in [1.807, 2.05) is 6.07 Å². The van der Waals surface area contributed by atoms with Gasteiger partial charge < -0.3 is 5.73 Å². The average molecular weight is 362 g/mol. The van der Waals surface area contributed by atoms with Gasteiger partial charge in [-0.15, -0.1) is 0 Å². The van der Waals surface area contributed by atoms with Crippen LogP contribution in [0, 0.1) is 0 Å². The molecule has 1 aliphatic carbocycles. The Morgan fingerprint density at radius 3 is 2.68 bits per heavy atom. The van der Waals surface area contributed by atoms with E-state index in [0.717, 1.165) is 16.6 Å². The summed E-state index contributed by atoms with van der Waals surface area (Å²) in [6, 6.07) is 8.30. The fourth-order valence-electron chi connectivity index (χ4n) is 3.41. The van der Waals surface area contributed by atoms with Crippen LogP contribution < -0.4 is 5.73 Å². The van der Waals surface area contributed by atoms with Gasteiger partial charge in [0, 0.05) is 21.1 Å². The van der Waals surface area contributed by atoms with Gasteiger partial charge in [0.2, 0.25) is 0 Å². The van der Waals surface area contributed by atoms with E-state index in [9.17, 15) is 0 Å². The topological polar surface area (TPSA) is 43.8 Å². The van der Waals surface area contributed by atoms with Gasteiger partial charge in [0.15, 0.2) is 0 Å². The van der Waals surface area contributed by atoms with Crippen LogP contribution in [0.25, 0.3) is 5.69 Å². The van der Waals surface area contributed by atoms with E-state index in [1.165, 1.54) is 29.8 Å². The number of halogens is 1. The molecule has 0 spiro atoms. The van der Waals surface area contributed by atoms with Crippen LogP contribution in [0.15, 0.2) is 28.7 Å². The summed E-state index contributed by atoms with van der Waals surface area (Å²) < 4.78 is 3.22. The van der Waals surface area contributed by atoms with Crippen LogP contribution in [0.1, 0.15) is 56.5 Å². The average Bonchev–Trinajstić information content (AvgIpc) is 2.87. The Labute approximate surface area is 141 Å². The quantitative estimate of drug-likeness (QED) is 0.865. The molecule has 0 saturated carbocycles. The minimum atomic E-state index is 0.0291. The highest BCUT2D eigenvalue weighted by molar-refractivity contribution is 9.10. The van der Waals surface area contributed by atoms with E-state index in [-0.39, 0.29) is 5.41 Å². The maximum Gasteiger partial charge on any atom is 0.0790 e. The fourth-order valence-corrected chi connectivity index (χ4v) is 3.86. The minimum Gasteiger partial charge on any atom is -0.330 e. The molecule has 22 heavy (non-hydrogen) atoms. The van der Waals surface area contributed by atoms with E-state index < -0.39 is 0 Å². The second-order valence-electron chi connectivity index (χ2n) is 7.15. The number of hydrogen-bond donors (Lipinski definition) is 1. The lowest BCUT2D eigenvalue weighted by Gasteiger charge is -2.26. The number of hydrogen-bond acceptors (Lipinski definition) is 2. The van der Waals surface area contributed by atoms with Crippen molar-refractivity contribution in [2.75, 3.05) is 6.54 Å². The van der Waals surface area contributed by atoms with Crippen molar-refractivity contribution >= 4 is 15.9 Å². The summed E-state index contributed by atoms with van der Waals surface area (Å²) in [6.45, 7) is 7.42. The predicted molar refractivity (Wildman–Crippen MR) is 94.7 cm³/mol. The third-order valence-electron chi connectivity index (χ3n) is 4.47. The molecule has 0 amide bonds. The summed E-state index contributed by atoms with van der Waals surface area (Å²) >= 11 is 3.67. The Kier molecular flexibility index (Phi) is 4.17. The highest BCUT2D eigenvalue weighted by Crippen LogP contribution is 2.40. The molecular formula is C18H24BrN3. The number of benzene rings is 1. The van der Waals surface area contributed by atoms with E-state index in [4.69, 9.17) is 10.8 Å². The molecule has 0 aliphatic heterocycles. The molecule has 1 unspecified atom stereocenters. The lowest BCUT2D eigenvalue weighted by Crippen LogP contribution is -2.22. The van der Waals surface area contributed by atoms with Crippen molar-refractivity contribution < 1.29 is 0 Å². The molecule has 3 nitrogen and oxygen atoms in total. The van der Waals surface area contributed by atoms with Crippen molar-refractivity contribution in [3.05, 3.63) is 45.7 Å². The summed E-state index contributed by atoms with van der Waals surface area (Å²) in [5.41, 5.74) is 11.2. The standard InChI is InChI=1S/C18H24BrN3/c1-18(2,3)17-16-12(11-20)7-6-10-15(16)22(21-17)14-9-5-4-8-13(14)19/h4-5,8-9,12H,6-7,10-11,20H2,1-3H3. The third kappa shape index (κ3) is 2.63. The Morgan fingerprint density at radius 2 is 2.05 bits per heavy atom. The van der Waals surface area contributed by atoms with Gasteiger partial charge in [-0.05, 0) is 59.8 Å². The predicted octanol–water partition coefficient (Wildman–Crippen LogP) is 4.31. The Balaban J connectivity index is 2.25. The second kappa shape index (κ2) is 5.82. The molecule has 1 aromatic heterocycles. The Bertz CT molecular complexity index is 682. The number of fused-ring (bicyclic) bond motifs is 1. The van der Waals surface area contributed by atoms with Crippen molar-refractivity contribution in [1.82, 2.24) is 9.78 Å². The van der Waals surface area contributed by atoms with E-state index in [2.05, 4.69) is 59.6 Å².